The maximum Gasteiger partial charge on any atom is 0.152 e. The second kappa shape index (κ2) is 3.56. The quantitative estimate of drug-likeness (QED) is 0.636. The van der Waals surface area contributed by atoms with Crippen molar-refractivity contribution in [3.8, 4) is 11.5 Å². The number of rotatable bonds is 0. The summed E-state index contributed by atoms with van der Waals surface area (Å²) in [7, 11) is 2.06. The smallest absolute Gasteiger partial charge is 0.152 e. The van der Waals surface area contributed by atoms with E-state index in [2.05, 4.69) is 35.2 Å². The zero-order valence-electron chi connectivity index (χ0n) is 8.75. The lowest BCUT2D eigenvalue weighted by Crippen LogP contribution is -2.08. The Morgan fingerprint density at radius 1 is 1.00 bits per heavy atom. The summed E-state index contributed by atoms with van der Waals surface area (Å²) in [5, 5.41) is 3.35. The van der Waals surface area contributed by atoms with Crippen molar-refractivity contribution in [2.45, 2.75) is 0 Å². The van der Waals surface area contributed by atoms with Gasteiger partial charge in [-0.05, 0) is 30.3 Å². The molecule has 0 unspecified atom stereocenters. The standard InChI is InChI=1S/C12H9BBrNO/c13-7-1-3-9-11(5-7)16-12-6-8(14)2-4-10(12)15-9/h1-6,15H,13H2. The van der Waals surface area contributed by atoms with Gasteiger partial charge < -0.3 is 10.1 Å². The summed E-state index contributed by atoms with van der Waals surface area (Å²) in [5.41, 5.74) is 3.21. The Morgan fingerprint density at radius 2 is 1.69 bits per heavy atom. The number of nitrogens with one attached hydrogen (secondary N) is 1. The predicted octanol–water partition coefficient (Wildman–Crippen LogP) is 2.56. The van der Waals surface area contributed by atoms with E-state index in [9.17, 15) is 0 Å². The molecule has 1 N–H and O–H groups in total. The highest BCUT2D eigenvalue weighted by Gasteiger charge is 2.15. The van der Waals surface area contributed by atoms with Gasteiger partial charge in [0.1, 0.15) is 13.6 Å². The van der Waals surface area contributed by atoms with Crippen molar-refractivity contribution in [3.05, 3.63) is 40.9 Å². The van der Waals surface area contributed by atoms with Crippen molar-refractivity contribution in [2.75, 3.05) is 5.32 Å². The molecule has 0 bridgehead atoms. The SMILES string of the molecule is Bc1ccc2c(c1)Oc1cc(Br)ccc1N2. The monoisotopic (exact) mass is 273 g/mol. The summed E-state index contributed by atoms with van der Waals surface area (Å²) in [5.74, 6) is 1.73. The number of anilines is 2. The number of halogens is 1. The van der Waals surface area contributed by atoms with Crippen molar-refractivity contribution in [1.29, 1.82) is 0 Å². The maximum absolute atomic E-state index is 5.85. The molecule has 0 fully saturated rings. The maximum atomic E-state index is 5.85. The molecule has 16 heavy (non-hydrogen) atoms. The number of benzene rings is 2. The molecule has 0 aliphatic carbocycles. The van der Waals surface area contributed by atoms with Gasteiger partial charge in [-0.25, -0.2) is 0 Å². The molecule has 0 aromatic heterocycles. The molecule has 0 radical (unpaired) electrons. The van der Waals surface area contributed by atoms with Gasteiger partial charge in [0.2, 0.25) is 0 Å². The van der Waals surface area contributed by atoms with Crippen LogP contribution in [0, 0.1) is 0 Å². The van der Waals surface area contributed by atoms with E-state index in [1.54, 1.807) is 0 Å². The summed E-state index contributed by atoms with van der Waals surface area (Å²) < 4.78 is 6.86. The van der Waals surface area contributed by atoms with Crippen LogP contribution in [0.3, 0.4) is 0 Å². The molecule has 3 rings (SSSR count). The molecule has 78 valence electrons. The van der Waals surface area contributed by atoms with Crippen LogP contribution in [0.15, 0.2) is 40.9 Å². The van der Waals surface area contributed by atoms with E-state index in [-0.39, 0.29) is 0 Å². The van der Waals surface area contributed by atoms with Gasteiger partial charge in [0.25, 0.3) is 0 Å². The minimum Gasteiger partial charge on any atom is -0.453 e. The van der Waals surface area contributed by atoms with Gasteiger partial charge in [-0.1, -0.05) is 27.5 Å². The molecule has 0 saturated carbocycles. The molecule has 2 nitrogen and oxygen atoms in total. The van der Waals surface area contributed by atoms with E-state index < -0.39 is 0 Å². The molecule has 0 saturated heterocycles. The van der Waals surface area contributed by atoms with E-state index in [4.69, 9.17) is 4.74 Å². The predicted molar refractivity (Wildman–Crippen MR) is 72.1 cm³/mol. The van der Waals surface area contributed by atoms with E-state index in [0.717, 1.165) is 27.3 Å². The molecule has 0 amide bonds. The summed E-state index contributed by atoms with van der Waals surface area (Å²) >= 11 is 3.44. The van der Waals surface area contributed by atoms with Crippen LogP contribution in [0.4, 0.5) is 11.4 Å². The Hall–Kier alpha value is -1.42. The zero-order chi connectivity index (χ0) is 11.1. The van der Waals surface area contributed by atoms with Crippen molar-refractivity contribution >= 4 is 40.6 Å². The first kappa shape index (κ1) is 9.79. The highest BCUT2D eigenvalue weighted by molar-refractivity contribution is 9.10. The summed E-state index contributed by atoms with van der Waals surface area (Å²) in [6.07, 6.45) is 0. The topological polar surface area (TPSA) is 21.3 Å². The lowest BCUT2D eigenvalue weighted by Gasteiger charge is -2.22. The molecular formula is C12H9BBrNO. The molecule has 2 aromatic carbocycles. The molecule has 0 atom stereocenters. The second-order valence-electron chi connectivity index (χ2n) is 3.87. The van der Waals surface area contributed by atoms with Crippen LogP contribution in [0.1, 0.15) is 0 Å². The summed E-state index contributed by atoms with van der Waals surface area (Å²) in [6.45, 7) is 0. The molecule has 2 aromatic rings. The Morgan fingerprint density at radius 3 is 2.50 bits per heavy atom. The van der Waals surface area contributed by atoms with Crippen LogP contribution < -0.4 is 15.5 Å². The highest BCUT2D eigenvalue weighted by Crippen LogP contribution is 2.42. The van der Waals surface area contributed by atoms with Gasteiger partial charge >= 0.3 is 0 Å². The summed E-state index contributed by atoms with van der Waals surface area (Å²) in [6, 6.07) is 12.1. The van der Waals surface area contributed by atoms with E-state index in [0.29, 0.717) is 0 Å². The number of fused-ring (bicyclic) bond motifs is 2. The molecular weight excluding hydrogens is 265 g/mol. The van der Waals surface area contributed by atoms with Gasteiger partial charge in [0, 0.05) is 4.47 Å². The molecule has 4 heteroatoms. The van der Waals surface area contributed by atoms with Crippen LogP contribution in [-0.4, -0.2) is 7.85 Å². The van der Waals surface area contributed by atoms with Gasteiger partial charge in [0.15, 0.2) is 5.75 Å². The fourth-order valence-corrected chi connectivity index (χ4v) is 2.10. The van der Waals surface area contributed by atoms with Crippen molar-refractivity contribution in [1.82, 2.24) is 0 Å². The Balaban J connectivity index is 2.10. The zero-order valence-corrected chi connectivity index (χ0v) is 10.3. The van der Waals surface area contributed by atoms with Crippen LogP contribution in [0.5, 0.6) is 11.5 Å². The average Bonchev–Trinajstić information content (AvgIpc) is 2.26. The second-order valence-corrected chi connectivity index (χ2v) is 4.78. The van der Waals surface area contributed by atoms with Gasteiger partial charge in [-0.2, -0.15) is 0 Å². The highest BCUT2D eigenvalue weighted by atomic mass is 79.9. The molecule has 0 spiro atoms. The van der Waals surface area contributed by atoms with E-state index in [1.165, 1.54) is 5.46 Å². The average molecular weight is 274 g/mol. The Kier molecular flexibility index (Phi) is 2.18. The first-order valence-corrected chi connectivity index (χ1v) is 5.87. The third-order valence-corrected chi connectivity index (χ3v) is 3.06. The number of hydrogen-bond donors (Lipinski definition) is 1. The van der Waals surface area contributed by atoms with Crippen LogP contribution in [0.2, 0.25) is 0 Å². The molecule has 1 heterocycles. The first-order chi connectivity index (χ1) is 7.72. The Bertz CT molecular complexity index is 521. The third-order valence-electron chi connectivity index (χ3n) is 2.57. The number of hydrogen-bond acceptors (Lipinski definition) is 2. The van der Waals surface area contributed by atoms with Crippen LogP contribution >= 0.6 is 15.9 Å². The lowest BCUT2D eigenvalue weighted by molar-refractivity contribution is 0.481. The van der Waals surface area contributed by atoms with Gasteiger partial charge in [-0.15, -0.1) is 0 Å². The van der Waals surface area contributed by atoms with Crippen molar-refractivity contribution in [3.63, 3.8) is 0 Å². The molecule has 1 aliphatic heterocycles. The van der Waals surface area contributed by atoms with Gasteiger partial charge in [0.05, 0.1) is 11.4 Å². The van der Waals surface area contributed by atoms with Crippen LogP contribution in [0.25, 0.3) is 0 Å². The van der Waals surface area contributed by atoms with E-state index >= 15 is 0 Å². The third kappa shape index (κ3) is 1.59. The minimum atomic E-state index is 0.854. The van der Waals surface area contributed by atoms with Crippen molar-refractivity contribution in [2.24, 2.45) is 0 Å². The van der Waals surface area contributed by atoms with Gasteiger partial charge in [-0.3, -0.25) is 0 Å². The minimum absolute atomic E-state index is 0.854. The lowest BCUT2D eigenvalue weighted by atomic mass is 9.95. The molecule has 1 aliphatic rings. The van der Waals surface area contributed by atoms with Crippen molar-refractivity contribution < 1.29 is 4.74 Å². The first-order valence-electron chi connectivity index (χ1n) is 5.07. The number of ether oxygens (including phenoxy) is 1. The fourth-order valence-electron chi connectivity index (χ4n) is 1.76. The van der Waals surface area contributed by atoms with Crippen LogP contribution in [-0.2, 0) is 0 Å². The fraction of sp³-hybridized carbons (Fsp3) is 0. The Labute approximate surface area is 103 Å². The largest absolute Gasteiger partial charge is 0.453 e. The summed E-state index contributed by atoms with van der Waals surface area (Å²) in [4.78, 5) is 0. The normalized spacial score (nSPS) is 12.1. The van der Waals surface area contributed by atoms with E-state index in [1.807, 2.05) is 30.3 Å².